The van der Waals surface area contributed by atoms with Crippen LogP contribution in [0.1, 0.15) is 21.5 Å². The van der Waals surface area contributed by atoms with Gasteiger partial charge in [0.1, 0.15) is 11.4 Å². The molecule has 0 aliphatic rings. The van der Waals surface area contributed by atoms with Crippen LogP contribution in [0.25, 0.3) is 11.0 Å². The zero-order valence-electron chi connectivity index (χ0n) is 18.1. The van der Waals surface area contributed by atoms with Gasteiger partial charge in [0.2, 0.25) is 0 Å². The molecule has 8 nitrogen and oxygen atoms in total. The third-order valence-corrected chi connectivity index (χ3v) is 6.44. The second kappa shape index (κ2) is 9.16. The molecule has 2 aromatic carbocycles. The summed E-state index contributed by atoms with van der Waals surface area (Å²) in [5.41, 5.74) is 0.722. The lowest BCUT2D eigenvalue weighted by atomic mass is 10.1. The molecule has 0 saturated heterocycles. The molecule has 10 heteroatoms. The largest absolute Gasteiger partial charge is 0.302 e. The molecule has 0 saturated carbocycles. The topological polar surface area (TPSA) is 110 Å². The molecule has 4 rings (SSSR count). The lowest BCUT2D eigenvalue weighted by Crippen LogP contribution is -2.35. The zero-order chi connectivity index (χ0) is 24.5. The lowest BCUT2D eigenvalue weighted by Gasteiger charge is -2.18. The normalized spacial score (nSPS) is 11.5. The average Bonchev–Trinajstić information content (AvgIpc) is 2.81. The number of sulfone groups is 1. The molecule has 0 aliphatic carbocycles. The van der Waals surface area contributed by atoms with Gasteiger partial charge < -0.3 is 4.57 Å². The summed E-state index contributed by atoms with van der Waals surface area (Å²) < 4.78 is 39.1. The summed E-state index contributed by atoms with van der Waals surface area (Å²) >= 11 is 0. The van der Waals surface area contributed by atoms with Gasteiger partial charge in [0.15, 0.2) is 9.84 Å². The van der Waals surface area contributed by atoms with Crippen LogP contribution < -0.4 is 5.56 Å². The van der Waals surface area contributed by atoms with Gasteiger partial charge in [-0.15, -0.1) is 0 Å². The highest BCUT2D eigenvalue weighted by molar-refractivity contribution is 7.90. The molecule has 2 aromatic heterocycles. The van der Waals surface area contributed by atoms with Crippen molar-refractivity contribution >= 4 is 26.8 Å². The number of carbonyl (C=O) groups is 1. The number of hydrogen-bond donors (Lipinski definition) is 1. The van der Waals surface area contributed by atoms with Gasteiger partial charge >= 0.3 is 0 Å². The summed E-state index contributed by atoms with van der Waals surface area (Å²) in [6, 6.07) is 16.8. The molecular weight excluding hydrogens is 461 g/mol. The second-order valence-corrected chi connectivity index (χ2v) is 9.71. The fraction of sp³-hybridized carbons (Fsp3) is 0.125. The van der Waals surface area contributed by atoms with Gasteiger partial charge in [-0.3, -0.25) is 19.8 Å². The number of pyridine rings is 2. The standard InChI is InChI=1S/C24H20FN3O5S/c1-34(32,33)22-12-18(25)10-9-17(22)15-28(31)24(30)19-13-20-21(8-5-11-26-20)27(23(19)29)14-16-6-3-2-4-7-16/h2-13,31H,14-15H2,1H3. The summed E-state index contributed by atoms with van der Waals surface area (Å²) in [5.74, 6) is -1.81. The van der Waals surface area contributed by atoms with Crippen molar-refractivity contribution in [2.24, 2.45) is 0 Å². The Morgan fingerprint density at radius 1 is 1.09 bits per heavy atom. The number of rotatable bonds is 6. The number of carbonyl (C=O) groups excluding carboxylic acids is 1. The molecule has 0 unspecified atom stereocenters. The highest BCUT2D eigenvalue weighted by Crippen LogP contribution is 2.20. The maximum atomic E-state index is 13.6. The summed E-state index contributed by atoms with van der Waals surface area (Å²) in [6.45, 7) is -0.398. The van der Waals surface area contributed by atoms with Crippen LogP contribution in [0.15, 0.2) is 82.6 Å². The zero-order valence-corrected chi connectivity index (χ0v) is 18.9. The first-order valence-electron chi connectivity index (χ1n) is 10.2. The number of fused-ring (bicyclic) bond motifs is 1. The van der Waals surface area contributed by atoms with E-state index in [0.29, 0.717) is 11.0 Å². The molecule has 0 fully saturated rings. The van der Waals surface area contributed by atoms with Crippen molar-refractivity contribution in [3.8, 4) is 0 Å². The van der Waals surface area contributed by atoms with E-state index in [4.69, 9.17) is 0 Å². The SMILES string of the molecule is CS(=O)(=O)c1cc(F)ccc1CN(O)C(=O)c1cc2ncccc2n(Cc2ccccc2)c1=O. The molecule has 174 valence electrons. The molecule has 0 bridgehead atoms. The Bertz CT molecular complexity index is 1550. The summed E-state index contributed by atoms with van der Waals surface area (Å²) in [7, 11) is -3.84. The lowest BCUT2D eigenvalue weighted by molar-refractivity contribution is -0.0654. The molecule has 2 heterocycles. The Balaban J connectivity index is 1.75. The van der Waals surface area contributed by atoms with Crippen LogP contribution in [-0.4, -0.2) is 40.4 Å². The summed E-state index contributed by atoms with van der Waals surface area (Å²) in [6.07, 6.45) is 2.41. The first kappa shape index (κ1) is 23.3. The smallest absolute Gasteiger partial charge is 0.283 e. The second-order valence-electron chi connectivity index (χ2n) is 7.73. The average molecular weight is 482 g/mol. The molecule has 0 spiro atoms. The molecule has 0 aliphatic heterocycles. The molecule has 1 amide bonds. The Morgan fingerprint density at radius 2 is 1.82 bits per heavy atom. The van der Waals surface area contributed by atoms with E-state index in [-0.39, 0.29) is 27.6 Å². The van der Waals surface area contributed by atoms with Crippen LogP contribution in [0.2, 0.25) is 0 Å². The van der Waals surface area contributed by atoms with Crippen molar-refractivity contribution in [1.29, 1.82) is 0 Å². The Kier molecular flexibility index (Phi) is 6.27. The van der Waals surface area contributed by atoms with E-state index in [2.05, 4.69) is 4.98 Å². The monoisotopic (exact) mass is 481 g/mol. The van der Waals surface area contributed by atoms with Crippen LogP contribution in [-0.2, 0) is 22.9 Å². The number of benzene rings is 2. The number of hydroxylamine groups is 2. The van der Waals surface area contributed by atoms with E-state index in [1.165, 1.54) is 16.8 Å². The van der Waals surface area contributed by atoms with Gasteiger partial charge in [0.25, 0.3) is 11.5 Å². The Hall–Kier alpha value is -3.89. The fourth-order valence-electron chi connectivity index (χ4n) is 3.65. The predicted octanol–water partition coefficient (Wildman–Crippen LogP) is 3.02. The minimum Gasteiger partial charge on any atom is -0.302 e. The fourth-order valence-corrected chi connectivity index (χ4v) is 4.59. The van der Waals surface area contributed by atoms with Crippen LogP contribution >= 0.6 is 0 Å². The van der Waals surface area contributed by atoms with Crippen molar-refractivity contribution in [1.82, 2.24) is 14.6 Å². The Morgan fingerprint density at radius 3 is 2.53 bits per heavy atom. The summed E-state index contributed by atoms with van der Waals surface area (Å²) in [4.78, 5) is 30.2. The molecule has 4 aromatic rings. The van der Waals surface area contributed by atoms with E-state index in [0.717, 1.165) is 30.0 Å². The van der Waals surface area contributed by atoms with Crippen LogP contribution in [0.5, 0.6) is 0 Å². The van der Waals surface area contributed by atoms with E-state index >= 15 is 0 Å². The van der Waals surface area contributed by atoms with E-state index in [1.807, 2.05) is 30.3 Å². The quantitative estimate of drug-likeness (QED) is 0.335. The highest BCUT2D eigenvalue weighted by atomic mass is 32.2. The van der Waals surface area contributed by atoms with Crippen molar-refractivity contribution in [3.63, 3.8) is 0 Å². The predicted molar refractivity (Wildman–Crippen MR) is 123 cm³/mol. The minimum atomic E-state index is -3.84. The third-order valence-electron chi connectivity index (χ3n) is 5.26. The molecule has 0 radical (unpaired) electrons. The molecule has 34 heavy (non-hydrogen) atoms. The summed E-state index contributed by atoms with van der Waals surface area (Å²) in [5, 5.41) is 10.7. The van der Waals surface area contributed by atoms with Gasteiger partial charge in [-0.2, -0.15) is 0 Å². The Labute approximate surface area is 194 Å². The van der Waals surface area contributed by atoms with Crippen LogP contribution in [0.4, 0.5) is 4.39 Å². The van der Waals surface area contributed by atoms with Crippen molar-refractivity contribution in [2.75, 3.05) is 6.26 Å². The number of aromatic nitrogens is 2. The highest BCUT2D eigenvalue weighted by Gasteiger charge is 2.23. The first-order valence-corrected chi connectivity index (χ1v) is 12.1. The molecular formula is C24H20FN3O5S. The first-order chi connectivity index (χ1) is 16.1. The molecule has 1 N–H and O–H groups in total. The van der Waals surface area contributed by atoms with Crippen molar-refractivity contribution in [3.05, 3.63) is 106 Å². The number of hydrogen-bond acceptors (Lipinski definition) is 6. The van der Waals surface area contributed by atoms with Crippen LogP contribution in [0, 0.1) is 5.82 Å². The van der Waals surface area contributed by atoms with Crippen LogP contribution in [0.3, 0.4) is 0 Å². The van der Waals surface area contributed by atoms with Gasteiger partial charge in [-0.05, 0) is 41.5 Å². The minimum absolute atomic E-state index is 0.00303. The van der Waals surface area contributed by atoms with Gasteiger partial charge in [-0.1, -0.05) is 36.4 Å². The van der Waals surface area contributed by atoms with E-state index < -0.39 is 33.7 Å². The number of nitrogens with zero attached hydrogens (tertiary/aromatic N) is 3. The number of halogens is 1. The maximum Gasteiger partial charge on any atom is 0.283 e. The van der Waals surface area contributed by atoms with Gasteiger partial charge in [-0.25, -0.2) is 17.9 Å². The molecule has 0 atom stereocenters. The van der Waals surface area contributed by atoms with Crippen molar-refractivity contribution in [2.45, 2.75) is 18.0 Å². The maximum absolute atomic E-state index is 13.6. The van der Waals surface area contributed by atoms with Gasteiger partial charge in [0.05, 0.1) is 29.0 Å². The number of amides is 1. The van der Waals surface area contributed by atoms with E-state index in [1.54, 1.807) is 12.1 Å². The third kappa shape index (κ3) is 4.73. The van der Waals surface area contributed by atoms with E-state index in [9.17, 15) is 27.6 Å². The van der Waals surface area contributed by atoms with Crippen molar-refractivity contribution < 1.29 is 22.8 Å². The van der Waals surface area contributed by atoms with Gasteiger partial charge in [0, 0.05) is 12.5 Å².